The summed E-state index contributed by atoms with van der Waals surface area (Å²) in [5.41, 5.74) is 0.465. The van der Waals surface area contributed by atoms with Crippen LogP contribution in [0.4, 0.5) is 0 Å². The molecule has 0 aliphatic carbocycles. The molecule has 5 nitrogen and oxygen atoms in total. The van der Waals surface area contributed by atoms with Crippen molar-refractivity contribution in [1.82, 2.24) is 14.5 Å². The van der Waals surface area contributed by atoms with E-state index in [1.54, 1.807) is 25.2 Å². The van der Waals surface area contributed by atoms with Crippen LogP contribution in [0.3, 0.4) is 0 Å². The normalized spacial score (nSPS) is 12.3. The van der Waals surface area contributed by atoms with Crippen molar-refractivity contribution in [3.05, 3.63) is 39.4 Å². The topological polar surface area (TPSA) is 55.2 Å². The summed E-state index contributed by atoms with van der Waals surface area (Å²) in [6.45, 7) is 6.82. The number of nitrogens with zero attached hydrogens (tertiary/aromatic N) is 3. The van der Waals surface area contributed by atoms with Crippen molar-refractivity contribution in [3.8, 4) is 0 Å². The van der Waals surface area contributed by atoms with Gasteiger partial charge in [-0.25, -0.2) is 4.98 Å². The smallest absolute Gasteiger partial charge is 0.261 e. The van der Waals surface area contributed by atoms with Gasteiger partial charge in [-0.05, 0) is 38.0 Å². The summed E-state index contributed by atoms with van der Waals surface area (Å²) in [4.78, 5) is 32.1. The molecular formula is C21H30ClN3O2. The lowest BCUT2D eigenvalue weighted by molar-refractivity contribution is -0.133. The van der Waals surface area contributed by atoms with Gasteiger partial charge in [-0.3, -0.25) is 14.2 Å². The Kier molecular flexibility index (Phi) is 7.84. The van der Waals surface area contributed by atoms with E-state index in [1.165, 1.54) is 4.57 Å². The number of aromatic nitrogens is 2. The third-order valence-corrected chi connectivity index (χ3v) is 5.18. The standard InChI is InChI=1S/C21H30ClN3O2/c1-5-7-8-9-10-19(26)25(13-6-2)15(3)20-23-18-12-11-16(22)14-17(18)21(27)24(20)4/h11-12,14-15H,5-10,13H2,1-4H3. The van der Waals surface area contributed by atoms with E-state index in [0.717, 1.165) is 32.1 Å². The van der Waals surface area contributed by atoms with E-state index in [0.29, 0.717) is 34.7 Å². The minimum absolute atomic E-state index is 0.130. The first-order valence-electron chi connectivity index (χ1n) is 9.86. The van der Waals surface area contributed by atoms with Gasteiger partial charge < -0.3 is 4.90 Å². The van der Waals surface area contributed by atoms with Crippen LogP contribution in [0.1, 0.15) is 71.2 Å². The molecule has 0 aliphatic heterocycles. The van der Waals surface area contributed by atoms with Gasteiger partial charge in [0.25, 0.3) is 5.56 Å². The van der Waals surface area contributed by atoms with E-state index < -0.39 is 0 Å². The molecule has 1 heterocycles. The van der Waals surface area contributed by atoms with Crippen LogP contribution < -0.4 is 5.56 Å². The molecule has 0 saturated heterocycles. The molecule has 0 N–H and O–H groups in total. The molecule has 0 fully saturated rings. The molecule has 2 aromatic rings. The third kappa shape index (κ3) is 5.10. The van der Waals surface area contributed by atoms with Crippen molar-refractivity contribution < 1.29 is 4.79 Å². The monoisotopic (exact) mass is 391 g/mol. The second-order valence-corrected chi connectivity index (χ2v) is 7.51. The first kappa shape index (κ1) is 21.4. The number of carbonyl (C=O) groups excluding carboxylic acids is 1. The quantitative estimate of drug-likeness (QED) is 0.573. The van der Waals surface area contributed by atoms with Gasteiger partial charge in [-0.15, -0.1) is 0 Å². The summed E-state index contributed by atoms with van der Waals surface area (Å²) < 4.78 is 1.54. The van der Waals surface area contributed by atoms with Crippen molar-refractivity contribution in [3.63, 3.8) is 0 Å². The third-order valence-electron chi connectivity index (χ3n) is 4.94. The van der Waals surface area contributed by atoms with E-state index >= 15 is 0 Å². The summed E-state index contributed by atoms with van der Waals surface area (Å²) >= 11 is 6.02. The van der Waals surface area contributed by atoms with Crippen molar-refractivity contribution in [2.75, 3.05) is 6.54 Å². The second-order valence-electron chi connectivity index (χ2n) is 7.07. The maximum Gasteiger partial charge on any atom is 0.261 e. The zero-order valence-corrected chi connectivity index (χ0v) is 17.6. The lowest BCUT2D eigenvalue weighted by Crippen LogP contribution is -2.37. The lowest BCUT2D eigenvalue weighted by atomic mass is 10.1. The molecule has 0 radical (unpaired) electrons. The number of carbonyl (C=O) groups is 1. The molecule has 0 bridgehead atoms. The SMILES string of the molecule is CCCCCCC(=O)N(CCC)C(C)c1nc2ccc(Cl)cc2c(=O)n1C. The number of benzene rings is 1. The van der Waals surface area contributed by atoms with Gasteiger partial charge >= 0.3 is 0 Å². The maximum absolute atomic E-state index is 12.8. The minimum atomic E-state index is -0.263. The number of hydrogen-bond acceptors (Lipinski definition) is 3. The first-order valence-corrected chi connectivity index (χ1v) is 10.2. The Hall–Kier alpha value is -1.88. The Morgan fingerprint density at radius 2 is 1.96 bits per heavy atom. The lowest BCUT2D eigenvalue weighted by Gasteiger charge is -2.30. The summed E-state index contributed by atoms with van der Waals surface area (Å²) in [6.07, 6.45) is 5.69. The van der Waals surface area contributed by atoms with Crippen molar-refractivity contribution in [2.45, 2.75) is 65.3 Å². The minimum Gasteiger partial charge on any atom is -0.333 e. The van der Waals surface area contributed by atoms with Crippen LogP contribution in [0.15, 0.2) is 23.0 Å². The fraction of sp³-hybridized carbons (Fsp3) is 0.571. The van der Waals surface area contributed by atoms with Gasteiger partial charge in [-0.1, -0.05) is 44.7 Å². The molecule has 1 aromatic heterocycles. The molecule has 1 atom stereocenters. The van der Waals surface area contributed by atoms with Crippen LogP contribution in [0, 0.1) is 0 Å². The molecule has 27 heavy (non-hydrogen) atoms. The van der Waals surface area contributed by atoms with Crippen molar-refractivity contribution in [2.24, 2.45) is 7.05 Å². The molecule has 6 heteroatoms. The molecule has 0 aliphatic rings. The van der Waals surface area contributed by atoms with Crippen molar-refractivity contribution in [1.29, 1.82) is 0 Å². The molecule has 1 unspecified atom stereocenters. The molecule has 1 aromatic carbocycles. The van der Waals surface area contributed by atoms with E-state index in [2.05, 4.69) is 18.8 Å². The predicted molar refractivity (Wildman–Crippen MR) is 111 cm³/mol. The van der Waals surface area contributed by atoms with Crippen LogP contribution in [-0.2, 0) is 11.8 Å². The van der Waals surface area contributed by atoms with Gasteiger partial charge in [-0.2, -0.15) is 0 Å². The fourth-order valence-corrected chi connectivity index (χ4v) is 3.57. The molecule has 148 valence electrons. The Balaban J connectivity index is 2.33. The predicted octanol–water partition coefficient (Wildman–Crippen LogP) is 4.86. The van der Waals surface area contributed by atoms with Crippen LogP contribution in [-0.4, -0.2) is 26.9 Å². The van der Waals surface area contributed by atoms with Crippen LogP contribution >= 0.6 is 11.6 Å². The van der Waals surface area contributed by atoms with Gasteiger partial charge in [0.2, 0.25) is 5.91 Å². The van der Waals surface area contributed by atoms with Crippen LogP contribution in [0.2, 0.25) is 5.02 Å². The Morgan fingerprint density at radius 3 is 2.63 bits per heavy atom. The molecule has 0 spiro atoms. The largest absolute Gasteiger partial charge is 0.333 e. The zero-order valence-electron chi connectivity index (χ0n) is 16.8. The number of unbranched alkanes of at least 4 members (excludes halogenated alkanes) is 3. The highest BCUT2D eigenvalue weighted by Gasteiger charge is 2.24. The molecule has 1 amide bonds. The fourth-order valence-electron chi connectivity index (χ4n) is 3.40. The molecular weight excluding hydrogens is 362 g/mol. The summed E-state index contributed by atoms with van der Waals surface area (Å²) in [5, 5.41) is 1.01. The van der Waals surface area contributed by atoms with Crippen molar-refractivity contribution >= 4 is 28.4 Å². The molecule has 2 rings (SSSR count). The highest BCUT2D eigenvalue weighted by atomic mass is 35.5. The maximum atomic E-state index is 12.8. The second kappa shape index (κ2) is 9.88. The number of fused-ring (bicyclic) bond motifs is 1. The van der Waals surface area contributed by atoms with Gasteiger partial charge in [0.05, 0.1) is 16.9 Å². The first-order chi connectivity index (χ1) is 12.9. The zero-order chi connectivity index (χ0) is 20.0. The van der Waals surface area contributed by atoms with Gasteiger partial charge in [0.15, 0.2) is 0 Å². The van der Waals surface area contributed by atoms with E-state index in [4.69, 9.17) is 11.6 Å². The number of halogens is 1. The Morgan fingerprint density at radius 1 is 1.22 bits per heavy atom. The highest BCUT2D eigenvalue weighted by molar-refractivity contribution is 6.31. The van der Waals surface area contributed by atoms with Gasteiger partial charge in [0, 0.05) is 25.0 Å². The Bertz CT molecular complexity index is 847. The average molecular weight is 392 g/mol. The van der Waals surface area contributed by atoms with E-state index in [-0.39, 0.29) is 17.5 Å². The summed E-state index contributed by atoms with van der Waals surface area (Å²) in [7, 11) is 1.71. The highest BCUT2D eigenvalue weighted by Crippen LogP contribution is 2.22. The Labute approximate surface area is 166 Å². The van der Waals surface area contributed by atoms with Crippen LogP contribution in [0.25, 0.3) is 10.9 Å². The summed E-state index contributed by atoms with van der Waals surface area (Å²) in [5.74, 6) is 0.732. The average Bonchev–Trinajstić information content (AvgIpc) is 2.66. The number of rotatable bonds is 9. The van der Waals surface area contributed by atoms with E-state index in [1.807, 2.05) is 11.8 Å². The molecule has 0 saturated carbocycles. The van der Waals surface area contributed by atoms with Gasteiger partial charge in [0.1, 0.15) is 5.82 Å². The number of hydrogen-bond donors (Lipinski definition) is 0. The van der Waals surface area contributed by atoms with E-state index in [9.17, 15) is 9.59 Å². The van der Waals surface area contributed by atoms with Crippen LogP contribution in [0.5, 0.6) is 0 Å². The number of amides is 1. The summed E-state index contributed by atoms with van der Waals surface area (Å²) in [6, 6.07) is 4.87.